The molecule has 1 atom stereocenters. The molecule has 0 spiro atoms. The van der Waals surface area contributed by atoms with Crippen molar-refractivity contribution in [3.05, 3.63) is 0 Å². The topological polar surface area (TPSA) is 47.3 Å². The van der Waals surface area contributed by atoms with E-state index in [-0.39, 0.29) is 6.42 Å². The monoisotopic (exact) mass is 168 g/mol. The van der Waals surface area contributed by atoms with E-state index in [0.717, 1.165) is 13.0 Å². The molecule has 1 rings (SSSR count). The van der Waals surface area contributed by atoms with Crippen molar-refractivity contribution in [1.82, 2.24) is 4.90 Å². The number of hydrogen-bond donors (Lipinski definition) is 1. The van der Waals surface area contributed by atoms with Crippen LogP contribution in [0.4, 0.5) is 0 Å². The van der Waals surface area contributed by atoms with E-state index in [0.29, 0.717) is 0 Å². The summed E-state index contributed by atoms with van der Waals surface area (Å²) in [6.45, 7) is 3.28. The largest absolute Gasteiger partial charge is 0.392 e. The van der Waals surface area contributed by atoms with Crippen LogP contribution in [0.5, 0.6) is 0 Å². The summed E-state index contributed by atoms with van der Waals surface area (Å²) in [7, 11) is 0. The summed E-state index contributed by atoms with van der Waals surface area (Å²) in [6, 6.07) is 1.97. The highest BCUT2D eigenvalue weighted by Gasteiger charge is 2.12. The molecule has 1 heterocycles. The van der Waals surface area contributed by atoms with Crippen LogP contribution in [0, 0.1) is 11.3 Å². The molecular weight excluding hydrogens is 152 g/mol. The van der Waals surface area contributed by atoms with Gasteiger partial charge >= 0.3 is 0 Å². The van der Waals surface area contributed by atoms with Gasteiger partial charge in [-0.2, -0.15) is 5.26 Å². The zero-order valence-corrected chi connectivity index (χ0v) is 7.37. The third-order valence-electron chi connectivity index (χ3n) is 2.30. The molecule has 3 heteroatoms. The van der Waals surface area contributed by atoms with E-state index < -0.39 is 6.10 Å². The van der Waals surface area contributed by atoms with E-state index in [1.54, 1.807) is 0 Å². The Balaban J connectivity index is 2.04. The molecule has 0 aromatic rings. The maximum Gasteiger partial charge on any atom is 0.0682 e. The maximum atomic E-state index is 9.26. The van der Waals surface area contributed by atoms with E-state index in [1.807, 2.05) is 6.07 Å². The molecule has 1 unspecified atom stereocenters. The second kappa shape index (κ2) is 5.13. The molecule has 0 bridgehead atoms. The van der Waals surface area contributed by atoms with Crippen LogP contribution in [0.25, 0.3) is 0 Å². The molecule has 1 saturated heterocycles. The zero-order valence-electron chi connectivity index (χ0n) is 7.37. The third-order valence-corrected chi connectivity index (χ3v) is 2.30. The maximum absolute atomic E-state index is 9.26. The van der Waals surface area contributed by atoms with Gasteiger partial charge in [0.1, 0.15) is 0 Å². The average Bonchev–Trinajstić information content (AvgIpc) is 2.53. The van der Waals surface area contributed by atoms with E-state index >= 15 is 0 Å². The van der Waals surface area contributed by atoms with Gasteiger partial charge in [-0.05, 0) is 32.4 Å². The normalized spacial score (nSPS) is 20.7. The van der Waals surface area contributed by atoms with Crippen molar-refractivity contribution in [2.75, 3.05) is 19.6 Å². The molecule has 0 radical (unpaired) electrons. The highest BCUT2D eigenvalue weighted by Crippen LogP contribution is 2.08. The molecule has 68 valence electrons. The summed E-state index contributed by atoms with van der Waals surface area (Å²) in [5.74, 6) is 0. The van der Waals surface area contributed by atoms with Gasteiger partial charge in [0.05, 0.1) is 18.6 Å². The lowest BCUT2D eigenvalue weighted by molar-refractivity contribution is 0.151. The summed E-state index contributed by atoms with van der Waals surface area (Å²) in [5, 5.41) is 17.6. The Labute approximate surface area is 73.6 Å². The lowest BCUT2D eigenvalue weighted by Gasteiger charge is -2.15. The average molecular weight is 168 g/mol. The Hall–Kier alpha value is -0.590. The van der Waals surface area contributed by atoms with E-state index in [1.165, 1.54) is 25.9 Å². The molecule has 0 aromatic carbocycles. The predicted octanol–water partition coefficient (Wildman–Crippen LogP) is 0.747. The minimum Gasteiger partial charge on any atom is -0.392 e. The SMILES string of the molecule is N#CCC(O)CCN1CCCC1. The lowest BCUT2D eigenvalue weighted by Crippen LogP contribution is -2.24. The van der Waals surface area contributed by atoms with Gasteiger partial charge in [-0.25, -0.2) is 0 Å². The van der Waals surface area contributed by atoms with Gasteiger partial charge in [-0.15, -0.1) is 0 Å². The summed E-state index contributed by atoms with van der Waals surface area (Å²) in [4.78, 5) is 2.35. The first-order chi connectivity index (χ1) is 5.83. The number of likely N-dealkylation sites (tertiary alicyclic amines) is 1. The quantitative estimate of drug-likeness (QED) is 0.673. The Bertz CT molecular complexity index is 158. The van der Waals surface area contributed by atoms with Crippen LogP contribution < -0.4 is 0 Å². The Morgan fingerprint density at radius 3 is 2.67 bits per heavy atom. The van der Waals surface area contributed by atoms with E-state index in [2.05, 4.69) is 4.90 Å². The fourth-order valence-electron chi connectivity index (χ4n) is 1.55. The number of nitrogens with zero attached hydrogens (tertiary/aromatic N) is 2. The molecular formula is C9H16N2O. The molecule has 1 fully saturated rings. The molecule has 0 amide bonds. The minimum atomic E-state index is -0.421. The van der Waals surface area contributed by atoms with Gasteiger partial charge in [-0.3, -0.25) is 0 Å². The van der Waals surface area contributed by atoms with Gasteiger partial charge in [-0.1, -0.05) is 0 Å². The van der Waals surface area contributed by atoms with Crippen LogP contribution in [-0.2, 0) is 0 Å². The first-order valence-corrected chi connectivity index (χ1v) is 4.60. The molecule has 1 N–H and O–H groups in total. The fourth-order valence-corrected chi connectivity index (χ4v) is 1.55. The number of nitriles is 1. The molecule has 1 aliphatic heterocycles. The van der Waals surface area contributed by atoms with E-state index in [4.69, 9.17) is 5.26 Å². The molecule has 1 aliphatic rings. The second-order valence-corrected chi connectivity index (χ2v) is 3.35. The third kappa shape index (κ3) is 3.21. The molecule has 12 heavy (non-hydrogen) atoms. The number of aliphatic hydroxyl groups is 1. The summed E-state index contributed by atoms with van der Waals surface area (Å²) >= 11 is 0. The van der Waals surface area contributed by atoms with Crippen molar-refractivity contribution in [3.8, 4) is 6.07 Å². The van der Waals surface area contributed by atoms with Crippen LogP contribution in [0.15, 0.2) is 0 Å². The Morgan fingerprint density at radius 1 is 1.42 bits per heavy atom. The van der Waals surface area contributed by atoms with Crippen LogP contribution >= 0.6 is 0 Å². The Kier molecular flexibility index (Phi) is 4.06. The summed E-state index contributed by atoms with van der Waals surface area (Å²) in [6.07, 6.45) is 3.17. The van der Waals surface area contributed by atoms with Gasteiger partial charge in [0.15, 0.2) is 0 Å². The predicted molar refractivity (Wildman–Crippen MR) is 46.5 cm³/mol. The first-order valence-electron chi connectivity index (χ1n) is 4.60. The van der Waals surface area contributed by atoms with Gasteiger partial charge in [0, 0.05) is 6.54 Å². The van der Waals surface area contributed by atoms with E-state index in [9.17, 15) is 5.11 Å². The summed E-state index contributed by atoms with van der Waals surface area (Å²) in [5.41, 5.74) is 0. The highest BCUT2D eigenvalue weighted by atomic mass is 16.3. The van der Waals surface area contributed by atoms with Crippen molar-refractivity contribution >= 4 is 0 Å². The molecule has 0 aliphatic carbocycles. The van der Waals surface area contributed by atoms with Crippen LogP contribution in [-0.4, -0.2) is 35.7 Å². The number of rotatable bonds is 4. The lowest BCUT2D eigenvalue weighted by atomic mass is 10.2. The standard InChI is InChI=1S/C9H16N2O/c10-5-3-9(12)4-8-11-6-1-2-7-11/h9,12H,1-4,6-8H2. The van der Waals surface area contributed by atoms with Crippen LogP contribution in [0.1, 0.15) is 25.7 Å². The fraction of sp³-hybridized carbons (Fsp3) is 0.889. The van der Waals surface area contributed by atoms with Gasteiger partial charge < -0.3 is 10.0 Å². The molecule has 0 aromatic heterocycles. The van der Waals surface area contributed by atoms with Crippen molar-refractivity contribution in [2.24, 2.45) is 0 Å². The summed E-state index contributed by atoms with van der Waals surface area (Å²) < 4.78 is 0. The Morgan fingerprint density at radius 2 is 2.08 bits per heavy atom. The van der Waals surface area contributed by atoms with Gasteiger partial charge in [0.25, 0.3) is 0 Å². The van der Waals surface area contributed by atoms with Crippen molar-refractivity contribution < 1.29 is 5.11 Å². The number of hydrogen-bond acceptors (Lipinski definition) is 3. The first kappa shape index (κ1) is 9.50. The second-order valence-electron chi connectivity index (χ2n) is 3.35. The van der Waals surface area contributed by atoms with Crippen molar-refractivity contribution in [2.45, 2.75) is 31.8 Å². The van der Waals surface area contributed by atoms with Crippen molar-refractivity contribution in [3.63, 3.8) is 0 Å². The zero-order chi connectivity index (χ0) is 8.81. The minimum absolute atomic E-state index is 0.272. The molecule has 0 saturated carbocycles. The number of aliphatic hydroxyl groups excluding tert-OH is 1. The van der Waals surface area contributed by atoms with Gasteiger partial charge in [0.2, 0.25) is 0 Å². The van der Waals surface area contributed by atoms with Crippen LogP contribution in [0.3, 0.4) is 0 Å². The smallest absolute Gasteiger partial charge is 0.0682 e. The van der Waals surface area contributed by atoms with Crippen LogP contribution in [0.2, 0.25) is 0 Å². The van der Waals surface area contributed by atoms with Crippen molar-refractivity contribution in [1.29, 1.82) is 5.26 Å². The highest BCUT2D eigenvalue weighted by molar-refractivity contribution is 4.76. The molecule has 3 nitrogen and oxygen atoms in total.